The molecule has 0 saturated carbocycles. The number of amides is 3. The van der Waals surface area contributed by atoms with Gasteiger partial charge in [0.25, 0.3) is 5.91 Å². The van der Waals surface area contributed by atoms with Gasteiger partial charge in [-0.2, -0.15) is 0 Å². The van der Waals surface area contributed by atoms with Crippen LogP contribution in [0.25, 0.3) is 0 Å². The molecule has 2 N–H and O–H groups in total. The number of hydrogen-bond acceptors (Lipinski definition) is 4. The van der Waals surface area contributed by atoms with Crippen LogP contribution in [0.1, 0.15) is 30.3 Å². The summed E-state index contributed by atoms with van der Waals surface area (Å²) in [6.07, 6.45) is 2.88. The number of nitrogens with zero attached hydrogens (tertiary/aromatic N) is 1. The summed E-state index contributed by atoms with van der Waals surface area (Å²) in [4.78, 5) is 26.3. The molecule has 7 heteroatoms. The Labute approximate surface area is 152 Å². The zero-order chi connectivity index (χ0) is 18.4. The molecule has 1 aromatic carbocycles. The molecule has 1 aliphatic rings. The first kappa shape index (κ1) is 17.8. The molecule has 0 spiro atoms. The highest BCUT2D eigenvalue weighted by atomic mass is 16.5. The van der Waals surface area contributed by atoms with Crippen LogP contribution >= 0.6 is 0 Å². The van der Waals surface area contributed by atoms with Crippen molar-refractivity contribution in [3.8, 4) is 5.75 Å². The molecule has 0 radical (unpaired) electrons. The van der Waals surface area contributed by atoms with Crippen molar-refractivity contribution in [2.24, 2.45) is 0 Å². The van der Waals surface area contributed by atoms with Crippen LogP contribution in [0.5, 0.6) is 5.75 Å². The Kier molecular flexibility index (Phi) is 5.78. The van der Waals surface area contributed by atoms with Gasteiger partial charge >= 0.3 is 6.03 Å². The maximum atomic E-state index is 12.5. The predicted molar refractivity (Wildman–Crippen MR) is 97.4 cm³/mol. The number of carbonyl (C=O) groups is 2. The summed E-state index contributed by atoms with van der Waals surface area (Å²) in [6, 6.07) is 10.6. The summed E-state index contributed by atoms with van der Waals surface area (Å²) in [7, 11) is 0. The Hall–Kier alpha value is -2.96. The second-order valence-corrected chi connectivity index (χ2v) is 6.07. The number of carbonyl (C=O) groups excluding carboxylic acids is 2. The van der Waals surface area contributed by atoms with E-state index in [0.29, 0.717) is 49.7 Å². The average molecular weight is 357 g/mol. The predicted octanol–water partition coefficient (Wildman–Crippen LogP) is 3.10. The molecule has 0 aliphatic carbocycles. The van der Waals surface area contributed by atoms with Crippen LogP contribution in [-0.4, -0.2) is 42.6 Å². The Morgan fingerprint density at radius 3 is 2.65 bits per heavy atom. The van der Waals surface area contributed by atoms with E-state index in [1.807, 2.05) is 31.2 Å². The molecular weight excluding hydrogens is 334 g/mol. The molecule has 0 unspecified atom stereocenters. The minimum absolute atomic E-state index is 0.0346. The van der Waals surface area contributed by atoms with E-state index in [4.69, 9.17) is 9.15 Å². The number of ether oxygens (including phenoxy) is 1. The summed E-state index contributed by atoms with van der Waals surface area (Å²) in [5.74, 6) is 0.741. The maximum absolute atomic E-state index is 12.5. The van der Waals surface area contributed by atoms with E-state index in [2.05, 4.69) is 10.6 Å². The Balaban J connectivity index is 1.50. The third-order valence-corrected chi connectivity index (χ3v) is 4.29. The number of hydrogen-bond donors (Lipinski definition) is 2. The van der Waals surface area contributed by atoms with Crippen LogP contribution in [0.4, 0.5) is 10.5 Å². The normalized spacial score (nSPS) is 14.7. The van der Waals surface area contributed by atoms with Crippen molar-refractivity contribution in [1.82, 2.24) is 10.2 Å². The molecular formula is C19H23N3O4. The van der Waals surface area contributed by atoms with Crippen LogP contribution < -0.4 is 15.4 Å². The molecule has 1 aromatic heterocycles. The molecule has 7 nitrogen and oxygen atoms in total. The monoisotopic (exact) mass is 357 g/mol. The first-order valence-corrected chi connectivity index (χ1v) is 8.79. The van der Waals surface area contributed by atoms with E-state index in [0.717, 1.165) is 0 Å². The Morgan fingerprint density at radius 1 is 1.19 bits per heavy atom. The van der Waals surface area contributed by atoms with Crippen molar-refractivity contribution in [3.05, 3.63) is 48.4 Å². The first-order valence-electron chi connectivity index (χ1n) is 8.79. The number of nitrogens with one attached hydrogen (secondary N) is 2. The Bertz CT molecular complexity index is 737. The number of urea groups is 1. The summed E-state index contributed by atoms with van der Waals surface area (Å²) < 4.78 is 10.6. The van der Waals surface area contributed by atoms with Gasteiger partial charge in [0.15, 0.2) is 5.76 Å². The lowest BCUT2D eigenvalue weighted by Gasteiger charge is -2.32. The first-order chi connectivity index (χ1) is 12.7. The van der Waals surface area contributed by atoms with Gasteiger partial charge < -0.3 is 24.7 Å². The highest BCUT2D eigenvalue weighted by molar-refractivity contribution is 5.92. The molecule has 1 aliphatic heterocycles. The minimum atomic E-state index is -0.219. The average Bonchev–Trinajstić information content (AvgIpc) is 3.19. The standard InChI is InChI=1S/C19H23N3O4/c1-2-25-16-7-4-3-6-15(16)21-19(24)22-11-9-14(10-12-22)20-18(23)17-8-5-13-26-17/h3-8,13-14H,2,9-12H2,1H3,(H,20,23)(H,21,24). The third kappa shape index (κ3) is 4.36. The van der Waals surface area contributed by atoms with Gasteiger partial charge in [0.2, 0.25) is 0 Å². The number of piperidine rings is 1. The summed E-state index contributed by atoms with van der Waals surface area (Å²) in [5, 5.41) is 5.85. The van der Waals surface area contributed by atoms with Crippen molar-refractivity contribution in [3.63, 3.8) is 0 Å². The summed E-state index contributed by atoms with van der Waals surface area (Å²) in [5.41, 5.74) is 0.660. The molecule has 2 aromatic rings. The molecule has 2 heterocycles. The van der Waals surface area contributed by atoms with Gasteiger partial charge in [-0.25, -0.2) is 4.79 Å². The molecule has 0 atom stereocenters. The lowest BCUT2D eigenvalue weighted by Crippen LogP contribution is -2.47. The fraction of sp³-hybridized carbons (Fsp3) is 0.368. The van der Waals surface area contributed by atoms with Crippen LogP contribution in [0.2, 0.25) is 0 Å². The van der Waals surface area contributed by atoms with Gasteiger partial charge in [0, 0.05) is 19.1 Å². The van der Waals surface area contributed by atoms with Crippen molar-refractivity contribution in [2.75, 3.05) is 25.0 Å². The molecule has 138 valence electrons. The molecule has 3 amide bonds. The van der Waals surface area contributed by atoms with E-state index in [-0.39, 0.29) is 18.0 Å². The molecule has 0 bridgehead atoms. The van der Waals surface area contributed by atoms with Crippen molar-refractivity contribution in [1.29, 1.82) is 0 Å². The van der Waals surface area contributed by atoms with Gasteiger partial charge in [-0.15, -0.1) is 0 Å². The molecule has 1 fully saturated rings. The number of para-hydroxylation sites is 2. The highest BCUT2D eigenvalue weighted by Crippen LogP contribution is 2.24. The minimum Gasteiger partial charge on any atom is -0.492 e. The van der Waals surface area contributed by atoms with Crippen LogP contribution in [0.3, 0.4) is 0 Å². The quantitative estimate of drug-likeness (QED) is 0.861. The molecule has 1 saturated heterocycles. The van der Waals surface area contributed by atoms with Gasteiger partial charge in [0.1, 0.15) is 5.75 Å². The topological polar surface area (TPSA) is 83.8 Å². The van der Waals surface area contributed by atoms with Gasteiger partial charge in [0.05, 0.1) is 18.6 Å². The van der Waals surface area contributed by atoms with Crippen LogP contribution in [0.15, 0.2) is 47.1 Å². The van der Waals surface area contributed by atoms with E-state index in [9.17, 15) is 9.59 Å². The number of benzene rings is 1. The summed E-state index contributed by atoms with van der Waals surface area (Å²) in [6.45, 7) is 3.59. The van der Waals surface area contributed by atoms with E-state index < -0.39 is 0 Å². The zero-order valence-corrected chi connectivity index (χ0v) is 14.7. The molecule has 3 rings (SSSR count). The van der Waals surface area contributed by atoms with Crippen molar-refractivity contribution in [2.45, 2.75) is 25.8 Å². The second-order valence-electron chi connectivity index (χ2n) is 6.07. The smallest absolute Gasteiger partial charge is 0.321 e. The van der Waals surface area contributed by atoms with E-state index in [1.165, 1.54) is 6.26 Å². The summed E-state index contributed by atoms with van der Waals surface area (Å²) >= 11 is 0. The van der Waals surface area contributed by atoms with Crippen molar-refractivity contribution < 1.29 is 18.7 Å². The second kappa shape index (κ2) is 8.42. The van der Waals surface area contributed by atoms with Gasteiger partial charge in [-0.1, -0.05) is 12.1 Å². The SMILES string of the molecule is CCOc1ccccc1NC(=O)N1CCC(NC(=O)c2ccco2)CC1. The van der Waals surface area contributed by atoms with Crippen molar-refractivity contribution >= 4 is 17.6 Å². The Morgan fingerprint density at radius 2 is 1.96 bits per heavy atom. The van der Waals surface area contributed by atoms with E-state index in [1.54, 1.807) is 17.0 Å². The third-order valence-electron chi connectivity index (χ3n) is 4.29. The number of likely N-dealkylation sites (tertiary alicyclic amines) is 1. The van der Waals surface area contributed by atoms with Gasteiger partial charge in [-0.3, -0.25) is 4.79 Å². The largest absolute Gasteiger partial charge is 0.492 e. The van der Waals surface area contributed by atoms with Crippen LogP contribution in [0, 0.1) is 0 Å². The fourth-order valence-corrected chi connectivity index (χ4v) is 2.94. The number of anilines is 1. The number of rotatable bonds is 5. The molecule has 26 heavy (non-hydrogen) atoms. The maximum Gasteiger partial charge on any atom is 0.321 e. The lowest BCUT2D eigenvalue weighted by atomic mass is 10.1. The highest BCUT2D eigenvalue weighted by Gasteiger charge is 2.25. The lowest BCUT2D eigenvalue weighted by molar-refractivity contribution is 0.0891. The van der Waals surface area contributed by atoms with Gasteiger partial charge in [-0.05, 0) is 44.0 Å². The van der Waals surface area contributed by atoms with E-state index >= 15 is 0 Å². The number of furan rings is 1. The fourth-order valence-electron chi connectivity index (χ4n) is 2.94. The van der Waals surface area contributed by atoms with Crippen LogP contribution in [-0.2, 0) is 0 Å². The zero-order valence-electron chi connectivity index (χ0n) is 14.7.